The third-order valence-electron chi connectivity index (χ3n) is 9.67. The molecule has 0 fully saturated rings. The predicted octanol–water partition coefficient (Wildman–Crippen LogP) is 11.4. The molecular formula is C44H27N3S2. The summed E-state index contributed by atoms with van der Waals surface area (Å²) in [6, 6.07) is 58.4. The van der Waals surface area contributed by atoms with Crippen molar-refractivity contribution in [3.05, 3.63) is 186 Å². The first-order chi connectivity index (χ1) is 24.3. The zero-order valence-electron chi connectivity index (χ0n) is 26.2. The maximum atomic E-state index is 5.01. The van der Waals surface area contributed by atoms with Crippen molar-refractivity contribution in [3.8, 4) is 55.0 Å². The van der Waals surface area contributed by atoms with Crippen molar-refractivity contribution in [2.24, 2.45) is 0 Å². The molecule has 0 saturated heterocycles. The summed E-state index contributed by atoms with van der Waals surface area (Å²) in [6.45, 7) is 0. The van der Waals surface area contributed by atoms with Crippen molar-refractivity contribution in [2.75, 3.05) is 0 Å². The van der Waals surface area contributed by atoms with Gasteiger partial charge in [-0.15, -0.1) is 11.3 Å². The van der Waals surface area contributed by atoms with Crippen molar-refractivity contribution >= 4 is 23.1 Å². The van der Waals surface area contributed by atoms with Gasteiger partial charge in [0, 0.05) is 31.4 Å². The van der Waals surface area contributed by atoms with Gasteiger partial charge in [-0.25, -0.2) is 15.0 Å². The fourth-order valence-electron chi connectivity index (χ4n) is 7.59. The summed E-state index contributed by atoms with van der Waals surface area (Å²) in [5.41, 5.74) is 10.8. The Balaban J connectivity index is 1.16. The van der Waals surface area contributed by atoms with Crippen molar-refractivity contribution < 1.29 is 0 Å². The molecule has 2 aliphatic rings. The minimum Gasteiger partial charge on any atom is -0.208 e. The lowest BCUT2D eigenvalue weighted by Gasteiger charge is -2.40. The van der Waals surface area contributed by atoms with Crippen LogP contribution in [0.15, 0.2) is 174 Å². The third-order valence-corrected chi connectivity index (χ3v) is 12.0. The summed E-state index contributed by atoms with van der Waals surface area (Å²) in [5, 5.41) is 0. The molecule has 6 aromatic carbocycles. The molecule has 49 heavy (non-hydrogen) atoms. The fraction of sp³-hybridized carbons (Fsp3) is 0.0227. The smallest absolute Gasteiger partial charge is 0.174 e. The van der Waals surface area contributed by atoms with E-state index in [0.717, 1.165) is 16.0 Å². The third kappa shape index (κ3) is 4.33. The van der Waals surface area contributed by atoms with Crippen LogP contribution in [0.2, 0.25) is 0 Å². The maximum absolute atomic E-state index is 5.01. The zero-order valence-corrected chi connectivity index (χ0v) is 27.9. The lowest BCUT2D eigenvalue weighted by molar-refractivity contribution is 0.723. The van der Waals surface area contributed by atoms with Gasteiger partial charge in [-0.1, -0.05) is 157 Å². The lowest BCUT2D eigenvalue weighted by Crippen LogP contribution is -2.32. The fourth-order valence-corrected chi connectivity index (χ4v) is 9.95. The van der Waals surface area contributed by atoms with Crippen LogP contribution in [-0.4, -0.2) is 15.0 Å². The van der Waals surface area contributed by atoms with E-state index >= 15 is 0 Å². The average Bonchev–Trinajstić information content (AvgIpc) is 3.78. The van der Waals surface area contributed by atoms with Gasteiger partial charge in [0.05, 0.1) is 10.3 Å². The number of nitrogens with zero attached hydrogens (tertiary/aromatic N) is 3. The zero-order chi connectivity index (χ0) is 32.4. The molecule has 230 valence electrons. The van der Waals surface area contributed by atoms with Crippen LogP contribution in [0.1, 0.15) is 22.3 Å². The SMILES string of the molecule is c1ccc(-c2nc(-c3ccccc3)nc(-c3ccc(-c4cccc5c4Sc4ccccc4C54c5ccccc5-c5ccccc54)s3)n2)cc1. The Morgan fingerprint density at radius 1 is 0.367 bits per heavy atom. The Kier molecular flexibility index (Phi) is 6.51. The molecule has 0 radical (unpaired) electrons. The molecule has 3 heterocycles. The topological polar surface area (TPSA) is 38.7 Å². The first-order valence-corrected chi connectivity index (χ1v) is 18.0. The molecule has 1 aliphatic carbocycles. The van der Waals surface area contributed by atoms with Crippen molar-refractivity contribution in [3.63, 3.8) is 0 Å². The van der Waals surface area contributed by atoms with Gasteiger partial charge in [0.15, 0.2) is 17.5 Å². The Labute approximate surface area is 293 Å². The quantitative estimate of drug-likeness (QED) is 0.188. The van der Waals surface area contributed by atoms with E-state index in [1.54, 1.807) is 11.3 Å². The van der Waals surface area contributed by atoms with Crippen LogP contribution >= 0.6 is 23.1 Å². The van der Waals surface area contributed by atoms with Gasteiger partial charge >= 0.3 is 0 Å². The highest BCUT2D eigenvalue weighted by Crippen LogP contribution is 2.63. The Morgan fingerprint density at radius 2 is 0.857 bits per heavy atom. The van der Waals surface area contributed by atoms with Crippen LogP contribution in [0.25, 0.3) is 55.0 Å². The number of benzene rings is 6. The van der Waals surface area contributed by atoms with Crippen molar-refractivity contribution in [1.82, 2.24) is 15.0 Å². The molecule has 0 saturated carbocycles. The van der Waals surface area contributed by atoms with Crippen molar-refractivity contribution in [1.29, 1.82) is 0 Å². The molecule has 0 atom stereocenters. The van der Waals surface area contributed by atoms with Gasteiger partial charge in [-0.2, -0.15) is 0 Å². The summed E-state index contributed by atoms with van der Waals surface area (Å²) < 4.78 is 0. The summed E-state index contributed by atoms with van der Waals surface area (Å²) >= 11 is 3.62. The highest BCUT2D eigenvalue weighted by molar-refractivity contribution is 7.99. The summed E-state index contributed by atoms with van der Waals surface area (Å²) in [6.07, 6.45) is 0. The van der Waals surface area contributed by atoms with Gasteiger partial charge in [-0.05, 0) is 51.6 Å². The maximum Gasteiger partial charge on any atom is 0.174 e. The van der Waals surface area contributed by atoms with Gasteiger partial charge in [0.1, 0.15) is 0 Å². The Bertz CT molecular complexity index is 2440. The van der Waals surface area contributed by atoms with Gasteiger partial charge in [-0.3, -0.25) is 0 Å². The molecule has 1 spiro atoms. The number of aromatic nitrogens is 3. The van der Waals surface area contributed by atoms with Crippen LogP contribution in [-0.2, 0) is 5.41 Å². The average molecular weight is 662 g/mol. The monoisotopic (exact) mass is 661 g/mol. The summed E-state index contributed by atoms with van der Waals surface area (Å²) in [7, 11) is 0. The molecule has 3 nitrogen and oxygen atoms in total. The second-order valence-corrected chi connectivity index (χ2v) is 14.5. The number of rotatable bonds is 4. The molecule has 10 rings (SSSR count). The molecule has 0 unspecified atom stereocenters. The standard InChI is InChI=1S/C44H27N3S2/c1-3-14-28(15-4-1)41-45-42(29-16-5-2-6-17-29)47-43(46-41)39-27-26-37(48-39)32-20-13-24-36-40(32)49-38-25-12-11-23-35(38)44(36)33-21-9-7-18-30(33)31-19-8-10-22-34(31)44/h1-27H. The first kappa shape index (κ1) is 28.4. The molecule has 0 N–H and O–H groups in total. The number of hydrogen-bond donors (Lipinski definition) is 0. The molecule has 0 bridgehead atoms. The summed E-state index contributed by atoms with van der Waals surface area (Å²) in [4.78, 5) is 19.7. The molecule has 2 aromatic heterocycles. The van der Waals surface area contributed by atoms with E-state index in [9.17, 15) is 0 Å². The molecular weight excluding hydrogens is 635 g/mol. The Morgan fingerprint density at radius 3 is 1.51 bits per heavy atom. The minimum atomic E-state index is -0.399. The number of thiophene rings is 1. The van der Waals surface area contributed by atoms with E-state index in [-0.39, 0.29) is 0 Å². The number of fused-ring (bicyclic) bond motifs is 9. The van der Waals surface area contributed by atoms with E-state index < -0.39 is 5.41 Å². The highest BCUT2D eigenvalue weighted by atomic mass is 32.2. The van der Waals surface area contributed by atoms with E-state index in [1.807, 2.05) is 72.4 Å². The van der Waals surface area contributed by atoms with Crippen LogP contribution in [0.5, 0.6) is 0 Å². The van der Waals surface area contributed by atoms with Crippen LogP contribution < -0.4 is 0 Å². The predicted molar refractivity (Wildman–Crippen MR) is 201 cm³/mol. The molecule has 1 aliphatic heterocycles. The largest absolute Gasteiger partial charge is 0.208 e. The molecule has 5 heteroatoms. The van der Waals surface area contributed by atoms with Crippen LogP contribution in [0, 0.1) is 0 Å². The van der Waals surface area contributed by atoms with Gasteiger partial charge < -0.3 is 0 Å². The minimum absolute atomic E-state index is 0.399. The molecule has 8 aromatic rings. The first-order valence-electron chi connectivity index (χ1n) is 16.4. The van der Waals surface area contributed by atoms with E-state index in [2.05, 4.69) is 103 Å². The summed E-state index contributed by atoms with van der Waals surface area (Å²) in [5.74, 6) is 2.02. The van der Waals surface area contributed by atoms with Gasteiger partial charge in [0.2, 0.25) is 0 Å². The lowest BCUT2D eigenvalue weighted by atomic mass is 9.67. The highest BCUT2D eigenvalue weighted by Gasteiger charge is 2.50. The van der Waals surface area contributed by atoms with E-state index in [4.69, 9.17) is 15.0 Å². The van der Waals surface area contributed by atoms with E-state index in [0.29, 0.717) is 17.5 Å². The molecule has 0 amide bonds. The number of hydrogen-bond acceptors (Lipinski definition) is 5. The van der Waals surface area contributed by atoms with Crippen LogP contribution in [0.3, 0.4) is 0 Å². The normalized spacial score (nSPS) is 13.4. The van der Waals surface area contributed by atoms with Gasteiger partial charge in [0.25, 0.3) is 0 Å². The second-order valence-electron chi connectivity index (χ2n) is 12.3. The Hall–Kier alpha value is -5.62. The second kappa shape index (κ2) is 11.2. The van der Waals surface area contributed by atoms with Crippen molar-refractivity contribution in [2.45, 2.75) is 15.2 Å². The van der Waals surface area contributed by atoms with E-state index in [1.165, 1.54) is 53.6 Å². The van der Waals surface area contributed by atoms with Crippen LogP contribution in [0.4, 0.5) is 0 Å².